The minimum absolute atomic E-state index is 0.983. The average Bonchev–Trinajstić information content (AvgIpc) is 2.08. The first-order chi connectivity index (χ1) is 5.65. The first-order valence-electron chi connectivity index (χ1n) is 4.13. The van der Waals surface area contributed by atoms with E-state index in [1.165, 1.54) is 11.1 Å². The molecule has 0 saturated heterocycles. The number of allylic oxidation sites excluding steroid dienone is 1. The van der Waals surface area contributed by atoms with E-state index in [1.54, 1.807) is 0 Å². The van der Waals surface area contributed by atoms with Crippen molar-refractivity contribution in [3.63, 3.8) is 0 Å². The summed E-state index contributed by atoms with van der Waals surface area (Å²) in [5, 5.41) is 0. The topological polar surface area (TPSA) is 0 Å². The molecule has 0 aliphatic carbocycles. The summed E-state index contributed by atoms with van der Waals surface area (Å²) in [4.78, 5) is 1.02. The summed E-state index contributed by atoms with van der Waals surface area (Å²) < 4.78 is 0. The highest BCUT2D eigenvalue weighted by Gasteiger charge is 2.00. The van der Waals surface area contributed by atoms with Crippen LogP contribution in [0, 0.1) is 6.92 Å². The van der Waals surface area contributed by atoms with Crippen molar-refractivity contribution in [2.45, 2.75) is 25.2 Å². The van der Waals surface area contributed by atoms with Gasteiger partial charge >= 0.3 is 0 Å². The van der Waals surface area contributed by atoms with Crippen LogP contribution in [0.5, 0.6) is 0 Å². The van der Waals surface area contributed by atoms with E-state index < -0.39 is 0 Å². The highest BCUT2D eigenvalue weighted by molar-refractivity contribution is 7.80. The molecule has 64 valence electrons. The van der Waals surface area contributed by atoms with Gasteiger partial charge in [-0.25, -0.2) is 0 Å². The van der Waals surface area contributed by atoms with Gasteiger partial charge < -0.3 is 0 Å². The molecule has 0 nitrogen and oxygen atoms in total. The molecular weight excluding hydrogens is 164 g/mol. The van der Waals surface area contributed by atoms with Crippen LogP contribution in [-0.4, -0.2) is 0 Å². The molecule has 1 aromatic carbocycles. The number of rotatable bonds is 2. The van der Waals surface area contributed by atoms with Crippen LogP contribution in [0.15, 0.2) is 29.7 Å². The maximum absolute atomic E-state index is 4.38. The fourth-order valence-electron chi connectivity index (χ4n) is 1.12. The lowest BCUT2D eigenvalue weighted by atomic mass is 10.0. The monoisotopic (exact) mass is 178 g/mol. The molecule has 0 heterocycles. The smallest absolute Gasteiger partial charge is 0.0115 e. The maximum atomic E-state index is 4.38. The van der Waals surface area contributed by atoms with E-state index in [0.717, 1.165) is 16.9 Å². The third-order valence-corrected chi connectivity index (χ3v) is 2.35. The van der Waals surface area contributed by atoms with Gasteiger partial charge in [-0.05, 0) is 30.5 Å². The lowest BCUT2D eigenvalue weighted by Gasteiger charge is -2.06. The van der Waals surface area contributed by atoms with Crippen molar-refractivity contribution in [3.8, 4) is 0 Å². The van der Waals surface area contributed by atoms with Gasteiger partial charge in [0.1, 0.15) is 0 Å². The molecule has 0 aromatic heterocycles. The van der Waals surface area contributed by atoms with Gasteiger partial charge in [0.15, 0.2) is 0 Å². The molecule has 12 heavy (non-hydrogen) atoms. The standard InChI is InChI=1S/C11H14S/c1-4-9(3)10-7-8(2)5-6-11(10)12/h5-7,12H,3-4H2,1-2H3. The molecule has 0 aliphatic rings. The van der Waals surface area contributed by atoms with Crippen molar-refractivity contribution in [1.29, 1.82) is 0 Å². The Morgan fingerprint density at radius 3 is 2.75 bits per heavy atom. The zero-order valence-electron chi connectivity index (χ0n) is 7.59. The summed E-state index contributed by atoms with van der Waals surface area (Å²) in [6, 6.07) is 6.22. The van der Waals surface area contributed by atoms with Crippen LogP contribution in [0.1, 0.15) is 24.5 Å². The highest BCUT2D eigenvalue weighted by Crippen LogP contribution is 2.24. The lowest BCUT2D eigenvalue weighted by Crippen LogP contribution is -1.85. The van der Waals surface area contributed by atoms with E-state index >= 15 is 0 Å². The molecule has 1 rings (SSSR count). The summed E-state index contributed by atoms with van der Waals surface area (Å²) in [6.45, 7) is 8.19. The van der Waals surface area contributed by atoms with Crippen LogP contribution in [0.4, 0.5) is 0 Å². The Morgan fingerprint density at radius 2 is 2.17 bits per heavy atom. The number of benzene rings is 1. The number of aryl methyl sites for hydroxylation is 1. The zero-order valence-corrected chi connectivity index (χ0v) is 8.49. The van der Waals surface area contributed by atoms with E-state index in [9.17, 15) is 0 Å². The third-order valence-electron chi connectivity index (χ3n) is 1.96. The molecule has 0 bridgehead atoms. The molecule has 0 fully saturated rings. The number of hydrogen-bond acceptors (Lipinski definition) is 1. The lowest BCUT2D eigenvalue weighted by molar-refractivity contribution is 1.21. The molecule has 0 amide bonds. The first kappa shape index (κ1) is 9.40. The van der Waals surface area contributed by atoms with Crippen molar-refractivity contribution in [2.75, 3.05) is 0 Å². The van der Waals surface area contributed by atoms with Gasteiger partial charge in [0.05, 0.1) is 0 Å². The summed E-state index contributed by atoms with van der Waals surface area (Å²) in [5.41, 5.74) is 3.60. The Balaban J connectivity index is 3.13. The molecule has 0 radical (unpaired) electrons. The minimum atomic E-state index is 0.983. The zero-order chi connectivity index (χ0) is 9.14. The van der Waals surface area contributed by atoms with E-state index in [4.69, 9.17) is 0 Å². The van der Waals surface area contributed by atoms with E-state index in [0.29, 0.717) is 0 Å². The van der Waals surface area contributed by atoms with Gasteiger partial charge in [0.2, 0.25) is 0 Å². The van der Waals surface area contributed by atoms with Crippen molar-refractivity contribution in [1.82, 2.24) is 0 Å². The molecule has 0 saturated carbocycles. The molecule has 0 aliphatic heterocycles. The molecule has 0 atom stereocenters. The second-order valence-electron chi connectivity index (χ2n) is 2.98. The first-order valence-corrected chi connectivity index (χ1v) is 4.57. The van der Waals surface area contributed by atoms with Crippen molar-refractivity contribution < 1.29 is 0 Å². The average molecular weight is 178 g/mol. The third kappa shape index (κ3) is 1.92. The molecule has 0 spiro atoms. The van der Waals surface area contributed by atoms with Crippen molar-refractivity contribution in [3.05, 3.63) is 35.9 Å². The van der Waals surface area contributed by atoms with Crippen LogP contribution in [-0.2, 0) is 0 Å². The maximum Gasteiger partial charge on any atom is 0.0115 e. The highest BCUT2D eigenvalue weighted by atomic mass is 32.1. The molecule has 1 aromatic rings. The summed E-state index contributed by atoms with van der Waals surface area (Å²) >= 11 is 4.38. The van der Waals surface area contributed by atoms with Gasteiger partial charge in [-0.2, -0.15) is 0 Å². The molecule has 0 unspecified atom stereocenters. The van der Waals surface area contributed by atoms with Gasteiger partial charge in [-0.15, -0.1) is 12.6 Å². The fourth-order valence-corrected chi connectivity index (χ4v) is 1.42. The van der Waals surface area contributed by atoms with Crippen LogP contribution >= 0.6 is 12.6 Å². The Morgan fingerprint density at radius 1 is 1.50 bits per heavy atom. The van der Waals surface area contributed by atoms with Crippen molar-refractivity contribution in [2.24, 2.45) is 0 Å². The largest absolute Gasteiger partial charge is 0.143 e. The SMILES string of the molecule is C=C(CC)c1cc(C)ccc1S. The van der Waals surface area contributed by atoms with Gasteiger partial charge in [0.25, 0.3) is 0 Å². The van der Waals surface area contributed by atoms with E-state index in [2.05, 4.69) is 45.2 Å². The van der Waals surface area contributed by atoms with Crippen LogP contribution in [0.2, 0.25) is 0 Å². The van der Waals surface area contributed by atoms with E-state index in [1.807, 2.05) is 6.07 Å². The summed E-state index contributed by atoms with van der Waals surface area (Å²) in [7, 11) is 0. The Labute approximate surface area is 79.7 Å². The van der Waals surface area contributed by atoms with Gasteiger partial charge in [-0.1, -0.05) is 31.2 Å². The predicted molar refractivity (Wildman–Crippen MR) is 57.8 cm³/mol. The summed E-state index contributed by atoms with van der Waals surface area (Å²) in [6.07, 6.45) is 0.983. The fraction of sp³-hybridized carbons (Fsp3) is 0.273. The van der Waals surface area contributed by atoms with Crippen molar-refractivity contribution >= 4 is 18.2 Å². The normalized spacial score (nSPS) is 9.92. The Bertz CT molecular complexity index is 300. The Kier molecular flexibility index (Phi) is 2.99. The number of hydrogen-bond donors (Lipinski definition) is 1. The van der Waals surface area contributed by atoms with E-state index in [-0.39, 0.29) is 0 Å². The van der Waals surface area contributed by atoms with Crippen LogP contribution in [0.3, 0.4) is 0 Å². The van der Waals surface area contributed by atoms with Crippen LogP contribution in [0.25, 0.3) is 5.57 Å². The minimum Gasteiger partial charge on any atom is -0.143 e. The van der Waals surface area contributed by atoms with Gasteiger partial charge in [-0.3, -0.25) is 0 Å². The Hall–Kier alpha value is -0.690. The van der Waals surface area contributed by atoms with Crippen LogP contribution < -0.4 is 0 Å². The van der Waals surface area contributed by atoms with Gasteiger partial charge in [0, 0.05) is 4.90 Å². The quantitative estimate of drug-likeness (QED) is 0.656. The molecule has 0 N–H and O–H groups in total. The predicted octanol–water partition coefficient (Wildman–Crippen LogP) is 3.71. The molecule has 1 heteroatoms. The second kappa shape index (κ2) is 3.81. The second-order valence-corrected chi connectivity index (χ2v) is 3.46. The summed E-state index contributed by atoms with van der Waals surface area (Å²) in [5.74, 6) is 0. The molecular formula is C11H14S. The number of thiol groups is 1.